The lowest BCUT2D eigenvalue weighted by atomic mass is 10.2. The summed E-state index contributed by atoms with van der Waals surface area (Å²) >= 11 is 0. The number of sulfone groups is 1. The van der Waals surface area contributed by atoms with E-state index in [1.807, 2.05) is 6.92 Å². The van der Waals surface area contributed by atoms with E-state index in [1.165, 1.54) is 41.3 Å². The molecule has 0 fully saturated rings. The number of hydrogen-bond donors (Lipinski definition) is 0. The highest BCUT2D eigenvalue weighted by molar-refractivity contribution is 7.94. The molecule has 8 heteroatoms. The lowest BCUT2D eigenvalue weighted by Gasteiger charge is -2.10. The fourth-order valence-electron chi connectivity index (χ4n) is 1.94. The minimum Gasteiger partial charge on any atom is -0.368 e. The molecule has 0 spiro atoms. The molecule has 0 aliphatic heterocycles. The van der Waals surface area contributed by atoms with Gasteiger partial charge in [0.1, 0.15) is 11.2 Å². The minimum atomic E-state index is -4.14. The number of sulfonamides is 1. The first kappa shape index (κ1) is 18.2. The van der Waals surface area contributed by atoms with E-state index < -0.39 is 19.9 Å². The van der Waals surface area contributed by atoms with Gasteiger partial charge in [-0.3, -0.25) is 0 Å². The molecule has 0 atom stereocenters. The Kier molecular flexibility index (Phi) is 5.10. The second-order valence-corrected chi connectivity index (χ2v) is 8.94. The Morgan fingerprint density at radius 1 is 0.875 bits per heavy atom. The van der Waals surface area contributed by atoms with Crippen molar-refractivity contribution in [3.05, 3.63) is 54.1 Å². The molecule has 0 saturated heterocycles. The van der Waals surface area contributed by atoms with E-state index in [-0.39, 0.29) is 14.7 Å². The molecule has 0 heterocycles. The molecule has 0 aliphatic rings. The molecule has 2 rings (SSSR count). The van der Waals surface area contributed by atoms with Crippen LogP contribution in [0, 0.1) is 6.92 Å². The third-order valence-corrected chi connectivity index (χ3v) is 6.41. The predicted molar refractivity (Wildman–Crippen MR) is 92.4 cm³/mol. The number of benzene rings is 2. The van der Waals surface area contributed by atoms with Crippen molar-refractivity contribution in [2.75, 3.05) is 14.1 Å². The van der Waals surface area contributed by atoms with Gasteiger partial charge in [0.15, 0.2) is 0 Å². The fraction of sp³-hybridized carbons (Fsp3) is 0.188. The second kappa shape index (κ2) is 6.74. The van der Waals surface area contributed by atoms with E-state index >= 15 is 0 Å². The fourth-order valence-corrected chi connectivity index (χ4v) is 4.93. The average molecular weight is 366 g/mol. The summed E-state index contributed by atoms with van der Waals surface area (Å²) < 4.78 is 54.0. The van der Waals surface area contributed by atoms with E-state index in [2.05, 4.69) is 4.40 Å². The Morgan fingerprint density at radius 2 is 1.42 bits per heavy atom. The zero-order valence-electron chi connectivity index (χ0n) is 13.5. The Bertz CT molecular complexity index is 961. The van der Waals surface area contributed by atoms with Crippen molar-refractivity contribution in [2.24, 2.45) is 4.40 Å². The largest absolute Gasteiger partial charge is 0.368 e. The summed E-state index contributed by atoms with van der Waals surface area (Å²) in [6, 6.07) is 11.7. The number of rotatable bonds is 5. The smallest absolute Gasteiger partial charge is 0.284 e. The van der Waals surface area contributed by atoms with Crippen LogP contribution in [0.5, 0.6) is 0 Å². The maximum Gasteiger partial charge on any atom is 0.284 e. The predicted octanol–water partition coefficient (Wildman–Crippen LogP) is 2.11. The van der Waals surface area contributed by atoms with Gasteiger partial charge in [0, 0.05) is 14.1 Å². The maximum atomic E-state index is 12.8. The van der Waals surface area contributed by atoms with Crippen LogP contribution in [-0.4, -0.2) is 42.2 Å². The quantitative estimate of drug-likeness (QED) is 0.598. The van der Waals surface area contributed by atoms with E-state index in [0.717, 1.165) is 11.9 Å². The summed E-state index contributed by atoms with van der Waals surface area (Å²) in [5.41, 5.74) is 0.908. The molecular weight excluding hydrogens is 348 g/mol. The van der Waals surface area contributed by atoms with Crippen molar-refractivity contribution >= 4 is 26.2 Å². The number of nitrogens with zero attached hydrogens (tertiary/aromatic N) is 2. The van der Waals surface area contributed by atoms with Gasteiger partial charge in [-0.15, -0.1) is 4.40 Å². The van der Waals surface area contributed by atoms with Crippen molar-refractivity contribution < 1.29 is 16.8 Å². The molecule has 0 radical (unpaired) electrons. The van der Waals surface area contributed by atoms with Gasteiger partial charge < -0.3 is 4.90 Å². The Hall–Kier alpha value is -2.19. The molecule has 0 saturated carbocycles. The standard InChI is InChI=1S/C16H18N2O4S2/c1-13-8-10-14(11-9-13)23(19,20)15-6-4-5-7-16(15)24(21,22)17-12-18(2)3/h4-12H,1-3H3. The monoisotopic (exact) mass is 366 g/mol. The molecule has 24 heavy (non-hydrogen) atoms. The van der Waals surface area contributed by atoms with Gasteiger partial charge in [-0.2, -0.15) is 8.42 Å². The summed E-state index contributed by atoms with van der Waals surface area (Å²) in [5, 5.41) is 0. The van der Waals surface area contributed by atoms with E-state index in [1.54, 1.807) is 26.2 Å². The third-order valence-electron chi connectivity index (χ3n) is 3.16. The lowest BCUT2D eigenvalue weighted by Crippen LogP contribution is -2.12. The summed E-state index contributed by atoms with van der Waals surface area (Å²) in [6.07, 6.45) is 1.12. The molecule has 0 aromatic heterocycles. The van der Waals surface area contributed by atoms with Gasteiger partial charge in [-0.1, -0.05) is 29.8 Å². The molecule has 0 amide bonds. The first-order chi connectivity index (χ1) is 11.1. The second-order valence-electron chi connectivity index (χ2n) is 5.42. The first-order valence-electron chi connectivity index (χ1n) is 7.02. The number of aryl methyl sites for hydroxylation is 1. The zero-order valence-corrected chi connectivity index (χ0v) is 15.2. The minimum absolute atomic E-state index is 0.0346. The first-order valence-corrected chi connectivity index (χ1v) is 9.94. The van der Waals surface area contributed by atoms with Crippen molar-refractivity contribution in [1.29, 1.82) is 0 Å². The van der Waals surface area contributed by atoms with Crippen molar-refractivity contribution in [3.63, 3.8) is 0 Å². The normalized spacial score (nSPS) is 12.5. The van der Waals surface area contributed by atoms with Crippen LogP contribution in [0.1, 0.15) is 5.56 Å². The Balaban J connectivity index is 2.63. The lowest BCUT2D eigenvalue weighted by molar-refractivity contribution is 0.582. The van der Waals surface area contributed by atoms with Gasteiger partial charge >= 0.3 is 0 Å². The molecular formula is C16H18N2O4S2. The van der Waals surface area contributed by atoms with Crippen LogP contribution in [-0.2, 0) is 19.9 Å². The summed E-state index contributed by atoms with van der Waals surface area (Å²) in [6.45, 7) is 1.84. The van der Waals surface area contributed by atoms with Crippen LogP contribution in [0.15, 0.2) is 67.6 Å². The Morgan fingerprint density at radius 3 is 1.96 bits per heavy atom. The van der Waals surface area contributed by atoms with Gasteiger partial charge in [-0.05, 0) is 31.2 Å². The molecule has 0 aliphatic carbocycles. The molecule has 6 nitrogen and oxygen atoms in total. The zero-order chi connectivity index (χ0) is 18.0. The molecule has 0 unspecified atom stereocenters. The van der Waals surface area contributed by atoms with Crippen molar-refractivity contribution in [1.82, 2.24) is 4.90 Å². The summed E-state index contributed by atoms with van der Waals surface area (Å²) in [5.74, 6) is 0. The van der Waals surface area contributed by atoms with Crippen LogP contribution >= 0.6 is 0 Å². The molecule has 2 aromatic rings. The van der Waals surface area contributed by atoms with Crippen LogP contribution in [0.25, 0.3) is 0 Å². The van der Waals surface area contributed by atoms with Crippen LogP contribution in [0.4, 0.5) is 0 Å². The SMILES string of the molecule is Cc1ccc(S(=O)(=O)c2ccccc2S(=O)(=O)N=CN(C)C)cc1. The van der Waals surface area contributed by atoms with Crippen molar-refractivity contribution in [2.45, 2.75) is 21.6 Å². The third kappa shape index (κ3) is 3.82. The maximum absolute atomic E-state index is 12.8. The summed E-state index contributed by atoms with van der Waals surface area (Å²) in [7, 11) is -4.87. The molecule has 128 valence electrons. The van der Waals surface area contributed by atoms with Crippen LogP contribution in [0.3, 0.4) is 0 Å². The van der Waals surface area contributed by atoms with Crippen molar-refractivity contribution in [3.8, 4) is 0 Å². The molecule has 0 N–H and O–H groups in total. The van der Waals surface area contributed by atoms with Gasteiger partial charge in [0.05, 0.1) is 9.79 Å². The van der Waals surface area contributed by atoms with E-state index in [4.69, 9.17) is 0 Å². The van der Waals surface area contributed by atoms with Crippen LogP contribution in [0.2, 0.25) is 0 Å². The highest BCUT2D eigenvalue weighted by Gasteiger charge is 2.27. The highest BCUT2D eigenvalue weighted by Crippen LogP contribution is 2.28. The highest BCUT2D eigenvalue weighted by atomic mass is 32.2. The van der Waals surface area contributed by atoms with E-state index in [9.17, 15) is 16.8 Å². The molecule has 2 aromatic carbocycles. The van der Waals surface area contributed by atoms with Gasteiger partial charge in [0.25, 0.3) is 10.0 Å². The molecule has 0 bridgehead atoms. The Labute approximate surface area is 142 Å². The summed E-state index contributed by atoms with van der Waals surface area (Å²) in [4.78, 5) is 0.857. The van der Waals surface area contributed by atoms with Crippen LogP contribution < -0.4 is 0 Å². The van der Waals surface area contributed by atoms with E-state index in [0.29, 0.717) is 0 Å². The average Bonchev–Trinajstić information content (AvgIpc) is 2.53. The number of hydrogen-bond acceptors (Lipinski definition) is 4. The topological polar surface area (TPSA) is 83.9 Å². The van der Waals surface area contributed by atoms with Gasteiger partial charge in [0.2, 0.25) is 9.84 Å². The van der Waals surface area contributed by atoms with Gasteiger partial charge in [-0.25, -0.2) is 8.42 Å².